The molecule has 0 aromatic rings. The molecule has 2 heterocycles. The van der Waals surface area contributed by atoms with Crippen LogP contribution in [0.2, 0.25) is 0 Å². The first-order valence-electron chi connectivity index (χ1n) is 4.12. The van der Waals surface area contributed by atoms with E-state index in [0.717, 1.165) is 12.8 Å². The van der Waals surface area contributed by atoms with Gasteiger partial charge in [0.1, 0.15) is 5.78 Å². The Morgan fingerprint density at radius 1 is 1.27 bits per heavy atom. The number of carbonyl (C=O) groups is 1. The average Bonchev–Trinajstić information content (AvgIpc) is 2.20. The van der Waals surface area contributed by atoms with Crippen LogP contribution in [-0.4, -0.2) is 24.9 Å². The van der Waals surface area contributed by atoms with Crippen LogP contribution in [0.15, 0.2) is 0 Å². The molecule has 2 rings (SSSR count). The molecule has 2 atom stereocenters. The van der Waals surface area contributed by atoms with Crippen LogP contribution in [-0.2, 0) is 4.79 Å². The number of Topliss-reactive ketones (excluding diaryl/α,β-unsaturated/α-hetero) is 1. The number of fused-ring (bicyclic) bond motifs is 2. The van der Waals surface area contributed by atoms with E-state index in [-0.39, 0.29) is 17.0 Å². The van der Waals surface area contributed by atoms with E-state index in [9.17, 15) is 4.79 Å². The van der Waals surface area contributed by atoms with Crippen molar-refractivity contribution in [2.75, 3.05) is 7.05 Å². The standard InChI is InChI=1S/C8H13NO.BrH/c1-9-6-2-3-7(9)5-8(10)4-6;/h6-7H,2-5H2,1H3;1H. The van der Waals surface area contributed by atoms with Crippen molar-refractivity contribution in [1.29, 1.82) is 0 Å². The first-order valence-corrected chi connectivity index (χ1v) is 4.12. The van der Waals surface area contributed by atoms with Crippen molar-refractivity contribution >= 4 is 5.78 Å². The smallest absolute Gasteiger partial charge is 0.144 e. The molecule has 0 radical (unpaired) electrons. The molecule has 2 aliphatic heterocycles. The Morgan fingerprint density at radius 3 is 2.18 bits per heavy atom. The lowest BCUT2D eigenvalue weighted by molar-refractivity contribution is -0.918. The van der Waals surface area contributed by atoms with Crippen LogP contribution in [0.4, 0.5) is 0 Å². The summed E-state index contributed by atoms with van der Waals surface area (Å²) in [5, 5.41) is 0. The minimum Gasteiger partial charge on any atom is -1.00 e. The third kappa shape index (κ3) is 1.49. The molecule has 2 saturated heterocycles. The van der Waals surface area contributed by atoms with E-state index in [2.05, 4.69) is 7.05 Å². The van der Waals surface area contributed by atoms with E-state index in [0.29, 0.717) is 17.9 Å². The molecule has 0 aromatic carbocycles. The zero-order valence-corrected chi connectivity index (χ0v) is 8.36. The Labute approximate surface area is 77.7 Å². The zero-order valence-electron chi connectivity index (χ0n) is 6.77. The highest BCUT2D eigenvalue weighted by molar-refractivity contribution is 5.80. The molecule has 2 nitrogen and oxygen atoms in total. The van der Waals surface area contributed by atoms with Gasteiger partial charge in [0.2, 0.25) is 0 Å². The Balaban J connectivity index is 0.000000605. The second-order valence-electron chi connectivity index (χ2n) is 3.66. The summed E-state index contributed by atoms with van der Waals surface area (Å²) in [7, 11) is 2.23. The number of hydrogen-bond donors (Lipinski definition) is 1. The largest absolute Gasteiger partial charge is 1.00 e. The van der Waals surface area contributed by atoms with Gasteiger partial charge >= 0.3 is 0 Å². The number of nitrogens with one attached hydrogen (secondary N) is 1. The van der Waals surface area contributed by atoms with Gasteiger partial charge in [-0.05, 0) is 0 Å². The summed E-state index contributed by atoms with van der Waals surface area (Å²) < 4.78 is 0. The van der Waals surface area contributed by atoms with Crippen molar-refractivity contribution < 1.29 is 26.7 Å². The van der Waals surface area contributed by atoms with Gasteiger partial charge < -0.3 is 21.9 Å². The van der Waals surface area contributed by atoms with Gasteiger partial charge in [0.15, 0.2) is 0 Å². The quantitative estimate of drug-likeness (QED) is 0.447. The highest BCUT2D eigenvalue weighted by Gasteiger charge is 2.41. The minimum absolute atomic E-state index is 0. The lowest BCUT2D eigenvalue weighted by Gasteiger charge is -2.26. The van der Waals surface area contributed by atoms with Crippen LogP contribution >= 0.6 is 0 Å². The number of ketones is 1. The maximum absolute atomic E-state index is 11.1. The summed E-state index contributed by atoms with van der Waals surface area (Å²) in [4.78, 5) is 12.7. The van der Waals surface area contributed by atoms with Crippen molar-refractivity contribution in [3.8, 4) is 0 Å². The molecule has 2 aliphatic rings. The SMILES string of the molecule is C[NH+]1C2CCC1CC(=O)C2.[Br-]. The van der Waals surface area contributed by atoms with E-state index < -0.39 is 0 Å². The summed E-state index contributed by atoms with van der Waals surface area (Å²) in [6.07, 6.45) is 4.26. The van der Waals surface area contributed by atoms with Crippen LogP contribution in [0.1, 0.15) is 25.7 Å². The lowest BCUT2D eigenvalue weighted by Crippen LogP contribution is -3.15. The van der Waals surface area contributed by atoms with E-state index in [1.807, 2.05) is 0 Å². The van der Waals surface area contributed by atoms with Crippen molar-refractivity contribution in [3.05, 3.63) is 0 Å². The van der Waals surface area contributed by atoms with E-state index in [4.69, 9.17) is 0 Å². The predicted molar refractivity (Wildman–Crippen MR) is 37.9 cm³/mol. The maximum Gasteiger partial charge on any atom is 0.144 e. The molecular formula is C8H14BrNO. The van der Waals surface area contributed by atoms with Gasteiger partial charge in [-0.2, -0.15) is 0 Å². The summed E-state index contributed by atoms with van der Waals surface area (Å²) in [5.74, 6) is 0.498. The minimum atomic E-state index is 0. The van der Waals surface area contributed by atoms with Crippen LogP contribution in [0.3, 0.4) is 0 Å². The monoisotopic (exact) mass is 219 g/mol. The highest BCUT2D eigenvalue weighted by Crippen LogP contribution is 2.18. The number of piperidine rings is 1. The first kappa shape index (κ1) is 9.20. The summed E-state index contributed by atoms with van der Waals surface area (Å²) in [5.41, 5.74) is 0. The lowest BCUT2D eigenvalue weighted by atomic mass is 10.0. The second-order valence-corrected chi connectivity index (χ2v) is 3.66. The van der Waals surface area contributed by atoms with E-state index in [1.54, 1.807) is 4.90 Å². The number of halogens is 1. The third-order valence-corrected chi connectivity index (χ3v) is 3.10. The third-order valence-electron chi connectivity index (χ3n) is 3.10. The van der Waals surface area contributed by atoms with Crippen LogP contribution < -0.4 is 21.9 Å². The van der Waals surface area contributed by atoms with Crippen molar-refractivity contribution in [1.82, 2.24) is 0 Å². The maximum atomic E-state index is 11.1. The van der Waals surface area contributed by atoms with Crippen molar-refractivity contribution in [3.63, 3.8) is 0 Å². The summed E-state index contributed by atoms with van der Waals surface area (Å²) in [6, 6.07) is 1.34. The van der Waals surface area contributed by atoms with Gasteiger partial charge in [0.25, 0.3) is 0 Å². The molecule has 0 spiro atoms. The Morgan fingerprint density at radius 2 is 1.73 bits per heavy atom. The molecule has 1 N–H and O–H groups in total. The van der Waals surface area contributed by atoms with E-state index >= 15 is 0 Å². The van der Waals surface area contributed by atoms with Crippen molar-refractivity contribution in [2.24, 2.45) is 0 Å². The number of hydrogen-bond acceptors (Lipinski definition) is 1. The van der Waals surface area contributed by atoms with Crippen LogP contribution in [0, 0.1) is 0 Å². The fourth-order valence-corrected chi connectivity index (χ4v) is 2.35. The van der Waals surface area contributed by atoms with E-state index in [1.165, 1.54) is 12.8 Å². The number of rotatable bonds is 0. The molecule has 0 aliphatic carbocycles. The fraction of sp³-hybridized carbons (Fsp3) is 0.875. The fourth-order valence-electron chi connectivity index (χ4n) is 2.35. The van der Waals surface area contributed by atoms with Crippen LogP contribution in [0.25, 0.3) is 0 Å². The van der Waals surface area contributed by atoms with Gasteiger partial charge in [0.05, 0.1) is 32.0 Å². The molecule has 64 valence electrons. The van der Waals surface area contributed by atoms with Gasteiger partial charge in [0, 0.05) is 12.8 Å². The van der Waals surface area contributed by atoms with Crippen LogP contribution in [0.5, 0.6) is 0 Å². The normalized spacial score (nSPS) is 41.9. The Kier molecular flexibility index (Phi) is 2.70. The highest BCUT2D eigenvalue weighted by atomic mass is 79.9. The van der Waals surface area contributed by atoms with Gasteiger partial charge in [-0.25, -0.2) is 0 Å². The molecule has 2 unspecified atom stereocenters. The second kappa shape index (κ2) is 3.23. The Bertz CT molecular complexity index is 155. The van der Waals surface area contributed by atoms with Gasteiger partial charge in [-0.3, -0.25) is 4.79 Å². The molecule has 0 amide bonds. The number of quaternary nitrogens is 1. The molecule has 0 saturated carbocycles. The van der Waals surface area contributed by atoms with Gasteiger partial charge in [-0.15, -0.1) is 0 Å². The molecule has 2 bridgehead atoms. The Hall–Kier alpha value is 0.110. The number of carbonyl (C=O) groups excluding carboxylic acids is 1. The predicted octanol–water partition coefficient (Wildman–Crippen LogP) is -3.60. The van der Waals surface area contributed by atoms with Crippen molar-refractivity contribution in [2.45, 2.75) is 37.8 Å². The molecule has 0 aromatic heterocycles. The molecular weight excluding hydrogens is 206 g/mol. The molecule has 11 heavy (non-hydrogen) atoms. The zero-order chi connectivity index (χ0) is 7.14. The molecule has 2 fully saturated rings. The van der Waals surface area contributed by atoms with Gasteiger partial charge in [-0.1, -0.05) is 0 Å². The average molecular weight is 220 g/mol. The summed E-state index contributed by atoms with van der Waals surface area (Å²) in [6.45, 7) is 0. The summed E-state index contributed by atoms with van der Waals surface area (Å²) >= 11 is 0. The first-order chi connectivity index (χ1) is 4.77. The topological polar surface area (TPSA) is 21.5 Å². The molecule has 3 heteroatoms.